The number of likely N-dealkylation sites (tertiary alicyclic amines) is 1. The van der Waals surface area contributed by atoms with Gasteiger partial charge in [-0.15, -0.1) is 0 Å². The molecule has 0 amide bonds. The van der Waals surface area contributed by atoms with E-state index in [2.05, 4.69) is 11.8 Å². The number of anilines is 1. The topological polar surface area (TPSA) is 32.5 Å². The van der Waals surface area contributed by atoms with Crippen molar-refractivity contribution in [1.29, 1.82) is 0 Å². The Balaban J connectivity index is 2.13. The molecule has 112 valence electrons. The second-order valence-corrected chi connectivity index (χ2v) is 5.38. The van der Waals surface area contributed by atoms with Crippen LogP contribution >= 0.6 is 0 Å². The number of halogens is 2. The molecular weight excluding hydrogens is 260 g/mol. The molecule has 2 rings (SSSR count). The molecule has 1 aliphatic heterocycles. The van der Waals surface area contributed by atoms with E-state index in [4.69, 9.17) is 5.73 Å². The molecule has 1 aromatic carbocycles. The summed E-state index contributed by atoms with van der Waals surface area (Å²) in [4.78, 5) is 4.19. The maximum absolute atomic E-state index is 14.1. The molecule has 20 heavy (non-hydrogen) atoms. The molecular formula is C15H23F2N3. The van der Waals surface area contributed by atoms with Crippen molar-refractivity contribution in [2.45, 2.75) is 32.4 Å². The summed E-state index contributed by atoms with van der Waals surface area (Å²) < 4.78 is 27.9. The van der Waals surface area contributed by atoms with Crippen molar-refractivity contribution in [3.05, 3.63) is 29.3 Å². The van der Waals surface area contributed by atoms with Crippen LogP contribution in [0.15, 0.2) is 12.1 Å². The molecule has 0 radical (unpaired) electrons. The normalized spacial score (nSPS) is 19.6. The Kier molecular flexibility index (Phi) is 4.94. The van der Waals surface area contributed by atoms with Crippen LogP contribution in [0.4, 0.5) is 14.5 Å². The van der Waals surface area contributed by atoms with Crippen molar-refractivity contribution in [2.75, 3.05) is 31.6 Å². The fraction of sp³-hybridized carbons (Fsp3) is 0.600. The quantitative estimate of drug-likeness (QED) is 0.900. The first-order chi connectivity index (χ1) is 9.58. The molecule has 0 bridgehead atoms. The summed E-state index contributed by atoms with van der Waals surface area (Å²) in [5.74, 6) is -1.62. The van der Waals surface area contributed by atoms with Crippen molar-refractivity contribution in [3.63, 3.8) is 0 Å². The molecule has 1 aliphatic rings. The zero-order valence-corrected chi connectivity index (χ0v) is 12.2. The van der Waals surface area contributed by atoms with E-state index < -0.39 is 11.6 Å². The van der Waals surface area contributed by atoms with Crippen LogP contribution in [0.25, 0.3) is 0 Å². The molecule has 1 saturated heterocycles. The van der Waals surface area contributed by atoms with Gasteiger partial charge in [-0.25, -0.2) is 8.78 Å². The molecule has 2 N–H and O–H groups in total. The van der Waals surface area contributed by atoms with Gasteiger partial charge in [0, 0.05) is 31.7 Å². The second kappa shape index (κ2) is 6.50. The minimum Gasteiger partial charge on any atom is -0.371 e. The number of hydrogen-bond acceptors (Lipinski definition) is 3. The lowest BCUT2D eigenvalue weighted by molar-refractivity contribution is 0.270. The van der Waals surface area contributed by atoms with Crippen LogP contribution in [-0.4, -0.2) is 37.6 Å². The van der Waals surface area contributed by atoms with Crippen LogP contribution in [0.5, 0.6) is 0 Å². The average molecular weight is 283 g/mol. The zero-order valence-electron chi connectivity index (χ0n) is 12.2. The molecule has 1 heterocycles. The van der Waals surface area contributed by atoms with E-state index in [0.29, 0.717) is 18.3 Å². The Hall–Kier alpha value is -1.20. The minimum absolute atomic E-state index is 0.0129. The van der Waals surface area contributed by atoms with E-state index in [1.165, 1.54) is 6.42 Å². The second-order valence-electron chi connectivity index (χ2n) is 5.38. The first-order valence-electron chi connectivity index (χ1n) is 7.20. The van der Waals surface area contributed by atoms with Crippen molar-refractivity contribution >= 4 is 5.69 Å². The maximum atomic E-state index is 14.1. The summed E-state index contributed by atoms with van der Waals surface area (Å²) in [5.41, 5.74) is 5.91. The van der Waals surface area contributed by atoms with Gasteiger partial charge in [-0.1, -0.05) is 13.0 Å². The van der Waals surface area contributed by atoms with Gasteiger partial charge >= 0.3 is 0 Å². The van der Waals surface area contributed by atoms with Gasteiger partial charge in [0.05, 0.1) is 5.69 Å². The minimum atomic E-state index is -0.824. The SMILES string of the molecule is CCN1CCCC1CN(C)c1ccc(CN)c(F)c1F. The first kappa shape index (κ1) is 15.2. The molecule has 5 heteroatoms. The maximum Gasteiger partial charge on any atom is 0.182 e. The molecule has 1 unspecified atom stereocenters. The van der Waals surface area contributed by atoms with Crippen molar-refractivity contribution < 1.29 is 8.78 Å². The number of rotatable bonds is 5. The van der Waals surface area contributed by atoms with E-state index in [1.807, 2.05) is 7.05 Å². The van der Waals surface area contributed by atoms with Gasteiger partial charge in [-0.05, 0) is 32.0 Å². The van der Waals surface area contributed by atoms with Gasteiger partial charge in [0.25, 0.3) is 0 Å². The van der Waals surface area contributed by atoms with Crippen molar-refractivity contribution in [1.82, 2.24) is 4.90 Å². The van der Waals surface area contributed by atoms with Gasteiger partial charge in [0.1, 0.15) is 0 Å². The number of benzene rings is 1. The fourth-order valence-electron chi connectivity index (χ4n) is 2.96. The van der Waals surface area contributed by atoms with E-state index in [9.17, 15) is 8.78 Å². The van der Waals surface area contributed by atoms with Crippen LogP contribution in [0.3, 0.4) is 0 Å². The standard InChI is InChI=1S/C15H23F2N3/c1-3-20-8-4-5-12(20)10-19(2)13-7-6-11(9-18)14(16)15(13)17/h6-7,12H,3-5,8-10,18H2,1-2H3. The Morgan fingerprint density at radius 1 is 1.35 bits per heavy atom. The van der Waals surface area contributed by atoms with E-state index in [1.54, 1.807) is 17.0 Å². The highest BCUT2D eigenvalue weighted by Crippen LogP contribution is 2.25. The summed E-state index contributed by atoms with van der Waals surface area (Å²) in [6.07, 6.45) is 2.29. The molecule has 1 fully saturated rings. The molecule has 0 aliphatic carbocycles. The highest BCUT2D eigenvalue weighted by Gasteiger charge is 2.25. The molecule has 3 nitrogen and oxygen atoms in total. The van der Waals surface area contributed by atoms with E-state index in [0.717, 1.165) is 19.5 Å². The summed E-state index contributed by atoms with van der Waals surface area (Å²) in [6, 6.07) is 3.60. The molecule has 0 spiro atoms. The summed E-state index contributed by atoms with van der Waals surface area (Å²) in [6.45, 7) is 4.96. The van der Waals surface area contributed by atoms with Crippen LogP contribution < -0.4 is 10.6 Å². The number of hydrogen-bond donors (Lipinski definition) is 1. The number of likely N-dealkylation sites (N-methyl/N-ethyl adjacent to an activating group) is 2. The number of nitrogens with zero attached hydrogens (tertiary/aromatic N) is 2. The molecule has 1 aromatic rings. The molecule has 1 atom stereocenters. The smallest absolute Gasteiger partial charge is 0.182 e. The summed E-state index contributed by atoms with van der Waals surface area (Å²) in [5, 5.41) is 0. The molecule has 0 saturated carbocycles. The first-order valence-corrected chi connectivity index (χ1v) is 7.20. The number of nitrogens with two attached hydrogens (primary N) is 1. The highest BCUT2D eigenvalue weighted by molar-refractivity contribution is 5.49. The average Bonchev–Trinajstić information content (AvgIpc) is 2.88. The van der Waals surface area contributed by atoms with Crippen LogP contribution in [0.2, 0.25) is 0 Å². The Morgan fingerprint density at radius 3 is 2.75 bits per heavy atom. The van der Waals surface area contributed by atoms with Gasteiger partial charge in [0.15, 0.2) is 11.6 Å². The Bertz CT molecular complexity index is 465. The Labute approximate surface area is 119 Å². The van der Waals surface area contributed by atoms with Gasteiger partial charge in [0.2, 0.25) is 0 Å². The summed E-state index contributed by atoms with van der Waals surface area (Å²) >= 11 is 0. The lowest BCUT2D eigenvalue weighted by Crippen LogP contribution is -2.39. The predicted octanol–water partition coefficient (Wildman–Crippen LogP) is 2.34. The highest BCUT2D eigenvalue weighted by atomic mass is 19.2. The Morgan fingerprint density at radius 2 is 2.10 bits per heavy atom. The lowest BCUT2D eigenvalue weighted by atomic mass is 10.1. The van der Waals surface area contributed by atoms with Crippen LogP contribution in [-0.2, 0) is 6.54 Å². The van der Waals surface area contributed by atoms with Gasteiger partial charge < -0.3 is 10.6 Å². The summed E-state index contributed by atoms with van der Waals surface area (Å²) in [7, 11) is 1.81. The van der Waals surface area contributed by atoms with Crippen LogP contribution in [0.1, 0.15) is 25.3 Å². The predicted molar refractivity (Wildman–Crippen MR) is 77.8 cm³/mol. The third-order valence-electron chi connectivity index (χ3n) is 4.16. The lowest BCUT2D eigenvalue weighted by Gasteiger charge is -2.29. The zero-order chi connectivity index (χ0) is 14.7. The van der Waals surface area contributed by atoms with Crippen molar-refractivity contribution in [3.8, 4) is 0 Å². The van der Waals surface area contributed by atoms with Crippen LogP contribution in [0, 0.1) is 11.6 Å². The van der Waals surface area contributed by atoms with E-state index >= 15 is 0 Å². The molecule has 0 aromatic heterocycles. The van der Waals surface area contributed by atoms with Gasteiger partial charge in [-0.2, -0.15) is 0 Å². The fourth-order valence-corrected chi connectivity index (χ4v) is 2.96. The third-order valence-corrected chi connectivity index (χ3v) is 4.16. The van der Waals surface area contributed by atoms with E-state index in [-0.39, 0.29) is 12.1 Å². The third kappa shape index (κ3) is 2.94. The van der Waals surface area contributed by atoms with Gasteiger partial charge in [-0.3, -0.25) is 4.90 Å². The largest absolute Gasteiger partial charge is 0.371 e. The van der Waals surface area contributed by atoms with Crippen molar-refractivity contribution in [2.24, 2.45) is 5.73 Å². The monoisotopic (exact) mass is 283 g/mol.